The number of aromatic nitrogens is 1. The van der Waals surface area contributed by atoms with Gasteiger partial charge in [0.2, 0.25) is 0 Å². The number of nitrogens with zero attached hydrogens (tertiary/aromatic N) is 3. The predicted molar refractivity (Wildman–Crippen MR) is 73.5 cm³/mol. The Hall–Kier alpha value is -2.63. The van der Waals surface area contributed by atoms with Crippen LogP contribution in [-0.2, 0) is 9.53 Å². The summed E-state index contributed by atoms with van der Waals surface area (Å²) in [6.45, 7) is 0.655. The number of hydrazine groups is 1. The minimum Gasteiger partial charge on any atom is -0.468 e. The van der Waals surface area contributed by atoms with Gasteiger partial charge in [-0.15, -0.1) is 0 Å². The van der Waals surface area contributed by atoms with Crippen LogP contribution in [0.1, 0.15) is 11.6 Å². The second-order valence-corrected chi connectivity index (χ2v) is 4.40. The number of allylic oxidation sites excluding steroid dienone is 1. The average molecular weight is 270 g/mol. The first kappa shape index (κ1) is 12.4. The van der Waals surface area contributed by atoms with Crippen molar-refractivity contribution in [1.82, 2.24) is 15.4 Å². The standard InChI is InChI=1S/C14H14N4O2/c1-20-14(19)13(11-4-2-3-5-16-11)10-8-17-18-7-6-15-9-12(10)18/h2-6,8-9,13,17H,7H2,1H3. The molecule has 0 fully saturated rings. The Bertz CT molecular complexity index is 607. The number of methoxy groups -OCH3 is 1. The van der Waals surface area contributed by atoms with Gasteiger partial charge in [-0.25, -0.2) is 0 Å². The highest BCUT2D eigenvalue weighted by atomic mass is 16.5. The number of fused-ring (bicyclic) bond motifs is 1. The number of carbonyl (C=O) groups is 1. The Morgan fingerprint density at radius 2 is 2.40 bits per heavy atom. The van der Waals surface area contributed by atoms with E-state index in [0.29, 0.717) is 12.2 Å². The van der Waals surface area contributed by atoms with Crippen molar-refractivity contribution in [3.8, 4) is 0 Å². The van der Waals surface area contributed by atoms with E-state index >= 15 is 0 Å². The molecule has 0 aromatic carbocycles. The van der Waals surface area contributed by atoms with Crippen molar-refractivity contribution in [3.05, 3.63) is 53.8 Å². The molecule has 0 saturated carbocycles. The number of rotatable bonds is 3. The Kier molecular flexibility index (Phi) is 3.20. The van der Waals surface area contributed by atoms with Gasteiger partial charge >= 0.3 is 5.97 Å². The summed E-state index contributed by atoms with van der Waals surface area (Å²) in [5.74, 6) is -0.896. The molecule has 6 nitrogen and oxygen atoms in total. The Balaban J connectivity index is 2.01. The van der Waals surface area contributed by atoms with Crippen LogP contribution in [0.15, 0.2) is 53.1 Å². The Morgan fingerprint density at radius 3 is 3.15 bits per heavy atom. The first-order valence-corrected chi connectivity index (χ1v) is 6.26. The molecule has 1 aromatic rings. The largest absolute Gasteiger partial charge is 0.468 e. The van der Waals surface area contributed by atoms with E-state index in [-0.39, 0.29) is 5.97 Å². The van der Waals surface area contributed by atoms with Gasteiger partial charge in [-0.2, -0.15) is 0 Å². The third-order valence-electron chi connectivity index (χ3n) is 3.26. The highest BCUT2D eigenvalue weighted by molar-refractivity contribution is 5.83. The molecule has 0 radical (unpaired) electrons. The highest BCUT2D eigenvalue weighted by Crippen LogP contribution is 2.34. The number of esters is 1. The van der Waals surface area contributed by atoms with Crippen LogP contribution >= 0.6 is 0 Å². The van der Waals surface area contributed by atoms with Crippen LogP contribution in [-0.4, -0.2) is 35.8 Å². The number of hydrogen-bond acceptors (Lipinski definition) is 6. The van der Waals surface area contributed by atoms with Gasteiger partial charge in [0.05, 0.1) is 31.2 Å². The zero-order chi connectivity index (χ0) is 13.9. The van der Waals surface area contributed by atoms with Gasteiger partial charge in [0, 0.05) is 24.2 Å². The van der Waals surface area contributed by atoms with Gasteiger partial charge in [-0.3, -0.25) is 19.8 Å². The summed E-state index contributed by atoms with van der Waals surface area (Å²) in [6.07, 6.45) is 6.99. The third kappa shape index (κ3) is 2.05. The lowest BCUT2D eigenvalue weighted by molar-refractivity contribution is -0.141. The lowest BCUT2D eigenvalue weighted by Crippen LogP contribution is -2.32. The van der Waals surface area contributed by atoms with Gasteiger partial charge in [-0.05, 0) is 12.1 Å². The van der Waals surface area contributed by atoms with Crippen molar-refractivity contribution in [2.24, 2.45) is 4.99 Å². The smallest absolute Gasteiger partial charge is 0.319 e. The Labute approximate surface area is 116 Å². The van der Waals surface area contributed by atoms with E-state index in [1.165, 1.54) is 7.11 Å². The van der Waals surface area contributed by atoms with E-state index in [1.54, 1.807) is 24.8 Å². The van der Waals surface area contributed by atoms with Crippen molar-refractivity contribution in [2.75, 3.05) is 13.7 Å². The molecule has 2 aliphatic rings. The number of ether oxygens (including phenoxy) is 1. The summed E-state index contributed by atoms with van der Waals surface area (Å²) < 4.78 is 4.93. The number of pyridine rings is 1. The number of carbonyl (C=O) groups excluding carboxylic acids is 1. The molecule has 0 aliphatic carbocycles. The van der Waals surface area contributed by atoms with E-state index in [4.69, 9.17) is 4.74 Å². The summed E-state index contributed by atoms with van der Waals surface area (Å²) in [6, 6.07) is 5.49. The summed E-state index contributed by atoms with van der Waals surface area (Å²) >= 11 is 0. The van der Waals surface area contributed by atoms with Crippen molar-refractivity contribution < 1.29 is 9.53 Å². The summed E-state index contributed by atoms with van der Waals surface area (Å²) in [5, 5.41) is 1.92. The second kappa shape index (κ2) is 5.16. The van der Waals surface area contributed by atoms with Crippen molar-refractivity contribution in [3.63, 3.8) is 0 Å². The maximum absolute atomic E-state index is 12.2. The number of hydrogen-bond donors (Lipinski definition) is 1. The van der Waals surface area contributed by atoms with Crippen LogP contribution < -0.4 is 5.43 Å². The zero-order valence-corrected chi connectivity index (χ0v) is 11.0. The van der Waals surface area contributed by atoms with Gasteiger partial charge in [0.1, 0.15) is 5.92 Å². The van der Waals surface area contributed by atoms with Crippen LogP contribution in [0.3, 0.4) is 0 Å². The molecular formula is C14H14N4O2. The molecule has 6 heteroatoms. The SMILES string of the molecule is COC(=O)C(C1=CNN2CC=NC=C12)c1ccccn1. The van der Waals surface area contributed by atoms with E-state index in [0.717, 1.165) is 11.3 Å². The van der Waals surface area contributed by atoms with E-state index in [9.17, 15) is 4.79 Å². The molecule has 3 heterocycles. The molecule has 0 bridgehead atoms. The molecule has 102 valence electrons. The van der Waals surface area contributed by atoms with Gasteiger partial charge in [0.25, 0.3) is 0 Å². The molecule has 0 saturated heterocycles. The third-order valence-corrected chi connectivity index (χ3v) is 3.26. The quantitative estimate of drug-likeness (QED) is 0.829. The topological polar surface area (TPSA) is 66.8 Å². The molecule has 1 aromatic heterocycles. The van der Waals surface area contributed by atoms with Gasteiger partial charge in [-0.1, -0.05) is 6.07 Å². The fourth-order valence-electron chi connectivity index (χ4n) is 2.30. The van der Waals surface area contributed by atoms with Crippen LogP contribution in [0.25, 0.3) is 0 Å². The molecule has 0 amide bonds. The second-order valence-electron chi connectivity index (χ2n) is 4.40. The minimum absolute atomic E-state index is 0.339. The van der Waals surface area contributed by atoms with E-state index in [1.807, 2.05) is 23.2 Å². The number of nitrogens with one attached hydrogen (secondary N) is 1. The maximum Gasteiger partial charge on any atom is 0.319 e. The van der Waals surface area contributed by atoms with Gasteiger partial charge in [0.15, 0.2) is 0 Å². The molecule has 0 spiro atoms. The van der Waals surface area contributed by atoms with Gasteiger partial charge < -0.3 is 10.2 Å². The molecule has 3 rings (SSSR count). The Morgan fingerprint density at radius 1 is 1.50 bits per heavy atom. The molecule has 1 N–H and O–H groups in total. The van der Waals surface area contributed by atoms with Crippen molar-refractivity contribution in [1.29, 1.82) is 0 Å². The highest BCUT2D eigenvalue weighted by Gasteiger charge is 2.34. The zero-order valence-electron chi connectivity index (χ0n) is 11.0. The monoisotopic (exact) mass is 270 g/mol. The fraction of sp³-hybridized carbons (Fsp3) is 0.214. The predicted octanol–water partition coefficient (Wildman–Crippen LogP) is 0.968. The molecular weight excluding hydrogens is 256 g/mol. The summed E-state index contributed by atoms with van der Waals surface area (Å²) in [5.41, 5.74) is 5.45. The van der Waals surface area contributed by atoms with Crippen LogP contribution in [0.5, 0.6) is 0 Å². The molecule has 2 aliphatic heterocycles. The van der Waals surface area contributed by atoms with Crippen LogP contribution in [0.4, 0.5) is 0 Å². The first-order chi connectivity index (χ1) is 9.81. The first-order valence-electron chi connectivity index (χ1n) is 6.26. The van der Waals surface area contributed by atoms with Crippen LogP contribution in [0, 0.1) is 0 Å². The molecule has 20 heavy (non-hydrogen) atoms. The summed E-state index contributed by atoms with van der Waals surface area (Å²) in [4.78, 5) is 20.6. The van der Waals surface area contributed by atoms with E-state index in [2.05, 4.69) is 15.4 Å². The lowest BCUT2D eigenvalue weighted by atomic mass is 9.93. The fourth-order valence-corrected chi connectivity index (χ4v) is 2.30. The number of aliphatic imine (C=N–C) groups is 1. The molecule has 1 unspecified atom stereocenters. The lowest BCUT2D eigenvalue weighted by Gasteiger charge is -2.23. The normalized spacial score (nSPS) is 17.8. The molecule has 1 atom stereocenters. The van der Waals surface area contributed by atoms with Crippen LogP contribution in [0.2, 0.25) is 0 Å². The van der Waals surface area contributed by atoms with Crippen molar-refractivity contribution in [2.45, 2.75) is 5.92 Å². The summed E-state index contributed by atoms with van der Waals surface area (Å²) in [7, 11) is 1.38. The minimum atomic E-state index is -0.557. The average Bonchev–Trinajstić information content (AvgIpc) is 2.92. The maximum atomic E-state index is 12.2. The van der Waals surface area contributed by atoms with E-state index < -0.39 is 5.92 Å². The van der Waals surface area contributed by atoms with Crippen molar-refractivity contribution >= 4 is 12.2 Å².